The van der Waals surface area contributed by atoms with Gasteiger partial charge in [-0.1, -0.05) is 12.1 Å². The summed E-state index contributed by atoms with van der Waals surface area (Å²) in [6.07, 6.45) is 0. The molecule has 0 aliphatic rings. The first-order valence-corrected chi connectivity index (χ1v) is 9.22. The molecule has 1 aromatic heterocycles. The molecule has 4 aromatic rings. The van der Waals surface area contributed by atoms with E-state index in [9.17, 15) is 0 Å². The van der Waals surface area contributed by atoms with Gasteiger partial charge in [-0.05, 0) is 67.6 Å². The predicted molar refractivity (Wildman–Crippen MR) is 118 cm³/mol. The number of rotatable bonds is 5. The molecule has 0 radical (unpaired) electrons. The Bertz CT molecular complexity index is 1150. The van der Waals surface area contributed by atoms with Crippen LogP contribution in [0.1, 0.15) is 6.92 Å². The number of benzene rings is 3. The van der Waals surface area contributed by atoms with Crippen LogP contribution in [-0.4, -0.2) is 13.7 Å². The molecule has 148 valence electrons. The molecule has 0 N–H and O–H groups in total. The second kappa shape index (κ2) is 9.30. The zero-order valence-electron chi connectivity index (χ0n) is 16.3. The molecule has 0 bridgehead atoms. The number of ether oxygens (including phenoxy) is 2. The van der Waals surface area contributed by atoms with Crippen LogP contribution in [0.5, 0.6) is 11.5 Å². The number of hydrogen-bond acceptors (Lipinski definition) is 4. The topological polar surface area (TPSA) is 44.0 Å². The fourth-order valence-electron chi connectivity index (χ4n) is 3.03. The van der Waals surface area contributed by atoms with Crippen molar-refractivity contribution in [1.82, 2.24) is 0 Å². The molecule has 0 saturated heterocycles. The normalized spacial score (nSPS) is 11.2. The number of nitrogens with zero attached hydrogens (tertiary/aromatic N) is 1. The van der Waals surface area contributed by atoms with E-state index in [0.29, 0.717) is 6.61 Å². The first-order valence-electron chi connectivity index (χ1n) is 9.22. The van der Waals surface area contributed by atoms with Gasteiger partial charge in [0, 0.05) is 17.0 Å². The Labute approximate surface area is 175 Å². The summed E-state index contributed by atoms with van der Waals surface area (Å²) in [5, 5.41) is 1.82. The quantitative estimate of drug-likeness (QED) is 0.398. The smallest absolute Gasteiger partial charge is 0.136 e. The van der Waals surface area contributed by atoms with Gasteiger partial charge in [0.25, 0.3) is 0 Å². The third kappa shape index (κ3) is 4.61. The van der Waals surface area contributed by atoms with Gasteiger partial charge in [0.05, 0.1) is 24.8 Å². The third-order valence-corrected chi connectivity index (χ3v) is 4.42. The second-order valence-electron chi connectivity index (χ2n) is 6.26. The monoisotopic (exact) mass is 407 g/mol. The summed E-state index contributed by atoms with van der Waals surface area (Å²) in [5.41, 5.74) is 2.62. The average Bonchev–Trinajstić information content (AvgIpc) is 2.75. The van der Waals surface area contributed by atoms with Crippen molar-refractivity contribution in [2.24, 2.45) is 4.99 Å². The van der Waals surface area contributed by atoms with Crippen molar-refractivity contribution in [3.63, 3.8) is 0 Å². The fraction of sp³-hybridized carbons (Fsp3) is 0.125. The number of methoxy groups -OCH3 is 1. The van der Waals surface area contributed by atoms with Gasteiger partial charge >= 0.3 is 0 Å². The van der Waals surface area contributed by atoms with Crippen molar-refractivity contribution in [1.29, 1.82) is 0 Å². The maximum absolute atomic E-state index is 6.13. The van der Waals surface area contributed by atoms with E-state index in [-0.39, 0.29) is 12.4 Å². The van der Waals surface area contributed by atoms with Gasteiger partial charge in [0.1, 0.15) is 22.8 Å². The molecule has 0 spiro atoms. The van der Waals surface area contributed by atoms with Crippen molar-refractivity contribution in [2.75, 3.05) is 13.7 Å². The molecule has 0 aliphatic carbocycles. The van der Waals surface area contributed by atoms with E-state index in [0.717, 1.165) is 44.8 Å². The summed E-state index contributed by atoms with van der Waals surface area (Å²) in [6.45, 7) is 2.62. The Morgan fingerprint density at radius 2 is 1.55 bits per heavy atom. The van der Waals surface area contributed by atoms with Gasteiger partial charge in [0.2, 0.25) is 0 Å². The van der Waals surface area contributed by atoms with Crippen LogP contribution < -0.4 is 14.8 Å². The fourth-order valence-corrected chi connectivity index (χ4v) is 3.03. The van der Waals surface area contributed by atoms with Crippen LogP contribution in [0.3, 0.4) is 0 Å². The highest BCUT2D eigenvalue weighted by atomic mass is 35.5. The summed E-state index contributed by atoms with van der Waals surface area (Å²) in [7, 11) is 1.66. The van der Waals surface area contributed by atoms with Crippen molar-refractivity contribution in [2.45, 2.75) is 6.92 Å². The van der Waals surface area contributed by atoms with E-state index < -0.39 is 0 Å². The van der Waals surface area contributed by atoms with Crippen molar-refractivity contribution >= 4 is 29.1 Å². The van der Waals surface area contributed by atoms with Crippen molar-refractivity contribution in [3.8, 4) is 22.8 Å². The van der Waals surface area contributed by atoms with Crippen LogP contribution in [0, 0.1) is 0 Å². The van der Waals surface area contributed by atoms with Gasteiger partial charge in [0.15, 0.2) is 0 Å². The van der Waals surface area contributed by atoms with Gasteiger partial charge in [-0.3, -0.25) is 0 Å². The number of halogens is 1. The molecular weight excluding hydrogens is 386 g/mol. The molecule has 0 atom stereocenters. The predicted octanol–water partition coefficient (Wildman–Crippen LogP) is 6.16. The first kappa shape index (κ1) is 20.5. The lowest BCUT2D eigenvalue weighted by atomic mass is 10.1. The van der Waals surface area contributed by atoms with Gasteiger partial charge in [-0.15, -0.1) is 12.4 Å². The van der Waals surface area contributed by atoms with Crippen molar-refractivity contribution in [3.05, 3.63) is 84.2 Å². The van der Waals surface area contributed by atoms with Gasteiger partial charge in [-0.25, -0.2) is 4.99 Å². The van der Waals surface area contributed by atoms with Crippen LogP contribution in [-0.2, 0) is 0 Å². The molecule has 5 heteroatoms. The van der Waals surface area contributed by atoms with E-state index in [1.807, 2.05) is 85.8 Å². The van der Waals surface area contributed by atoms with Crippen LogP contribution in [0.25, 0.3) is 22.3 Å². The van der Waals surface area contributed by atoms with E-state index >= 15 is 0 Å². The zero-order chi connectivity index (χ0) is 19.3. The Kier molecular flexibility index (Phi) is 6.57. The molecule has 4 nitrogen and oxygen atoms in total. The summed E-state index contributed by atoms with van der Waals surface area (Å²) >= 11 is 0. The third-order valence-electron chi connectivity index (χ3n) is 4.42. The summed E-state index contributed by atoms with van der Waals surface area (Å²) in [6, 6.07) is 25.5. The van der Waals surface area contributed by atoms with E-state index in [4.69, 9.17) is 18.9 Å². The van der Waals surface area contributed by atoms with Crippen LogP contribution in [0.4, 0.5) is 5.69 Å². The molecular formula is C24H22ClNO3. The highest BCUT2D eigenvalue weighted by Crippen LogP contribution is 2.25. The van der Waals surface area contributed by atoms with Crippen molar-refractivity contribution < 1.29 is 13.9 Å². The Hall–Kier alpha value is -3.24. The van der Waals surface area contributed by atoms with Gasteiger partial charge < -0.3 is 13.9 Å². The second-order valence-corrected chi connectivity index (χ2v) is 6.26. The molecule has 0 saturated carbocycles. The lowest BCUT2D eigenvalue weighted by Gasteiger charge is -2.06. The minimum atomic E-state index is 0. The minimum Gasteiger partial charge on any atom is -0.497 e. The molecule has 0 amide bonds. The van der Waals surface area contributed by atoms with E-state index in [2.05, 4.69) is 0 Å². The van der Waals surface area contributed by atoms with Gasteiger partial charge in [-0.2, -0.15) is 0 Å². The largest absolute Gasteiger partial charge is 0.497 e. The number of hydrogen-bond donors (Lipinski definition) is 0. The summed E-state index contributed by atoms with van der Waals surface area (Å²) in [5.74, 6) is 2.41. The molecule has 1 heterocycles. The molecule has 0 unspecified atom stereocenters. The molecule has 0 aliphatic heterocycles. The Morgan fingerprint density at radius 1 is 0.862 bits per heavy atom. The molecule has 29 heavy (non-hydrogen) atoms. The summed E-state index contributed by atoms with van der Waals surface area (Å²) in [4.78, 5) is 4.85. The molecule has 3 aromatic carbocycles. The maximum Gasteiger partial charge on any atom is 0.136 e. The number of fused-ring (bicyclic) bond motifs is 1. The molecule has 0 fully saturated rings. The van der Waals surface area contributed by atoms with Crippen LogP contribution >= 0.6 is 12.4 Å². The highest BCUT2D eigenvalue weighted by Gasteiger charge is 2.06. The highest BCUT2D eigenvalue weighted by molar-refractivity contribution is 5.85. The molecule has 4 rings (SSSR count). The average molecular weight is 408 g/mol. The van der Waals surface area contributed by atoms with Crippen LogP contribution in [0.15, 0.2) is 88.3 Å². The summed E-state index contributed by atoms with van der Waals surface area (Å²) < 4.78 is 16.9. The van der Waals surface area contributed by atoms with E-state index in [1.165, 1.54) is 0 Å². The first-order chi connectivity index (χ1) is 13.8. The van der Waals surface area contributed by atoms with E-state index in [1.54, 1.807) is 7.11 Å². The number of para-hydroxylation sites is 1. The standard InChI is InChI=1S/C24H21NO3.ClH/c1-3-27-20-14-10-18(11-15-20)25-22-16-24(17-8-12-19(26-2)13-9-17)28-23-7-5-4-6-21(22)23;/h4-16H,3H2,1-2H3;1H. The lowest BCUT2D eigenvalue weighted by molar-refractivity contribution is 0.340. The zero-order valence-corrected chi connectivity index (χ0v) is 17.1. The Morgan fingerprint density at radius 3 is 2.24 bits per heavy atom. The van der Waals surface area contributed by atoms with Crippen LogP contribution in [0.2, 0.25) is 0 Å². The maximum atomic E-state index is 6.13. The SMILES string of the molecule is CCOc1ccc(N=c2cc(-c3ccc(OC)cc3)oc3ccccc23)cc1.Cl. The minimum absolute atomic E-state index is 0. The lowest BCUT2D eigenvalue weighted by Crippen LogP contribution is -2.03. The Balaban J connectivity index is 0.00000240.